The molecule has 0 atom stereocenters. The zero-order valence-corrected chi connectivity index (χ0v) is 14.0. The van der Waals surface area contributed by atoms with E-state index < -0.39 is 5.60 Å². The predicted octanol–water partition coefficient (Wildman–Crippen LogP) is 4.79. The summed E-state index contributed by atoms with van der Waals surface area (Å²) in [5.74, 6) is 0.00915. The summed E-state index contributed by atoms with van der Waals surface area (Å²) in [5.41, 5.74) is 0.853. The molecule has 2 aromatic carbocycles. The molecule has 0 unspecified atom stereocenters. The smallest absolute Gasteiger partial charge is 0.210 e. The standard InChI is InChI=1S/C19H17FO2S/c1-19(2)18(21)16(13-5-4-6-14(20)11-13)17(22-19)12-7-9-15(23-3)10-8-12/h4-11H,1-3H3. The molecule has 23 heavy (non-hydrogen) atoms. The van der Waals surface area contributed by atoms with Gasteiger partial charge in [0.15, 0.2) is 5.60 Å². The Morgan fingerprint density at radius 3 is 2.35 bits per heavy atom. The number of carbonyl (C=O) groups is 1. The van der Waals surface area contributed by atoms with Crippen LogP contribution in [0.25, 0.3) is 11.3 Å². The predicted molar refractivity (Wildman–Crippen MR) is 91.6 cm³/mol. The highest BCUT2D eigenvalue weighted by atomic mass is 32.2. The quantitative estimate of drug-likeness (QED) is 0.758. The molecule has 1 aliphatic heterocycles. The van der Waals surface area contributed by atoms with Crippen molar-refractivity contribution >= 4 is 28.9 Å². The number of ketones is 1. The van der Waals surface area contributed by atoms with Crippen molar-refractivity contribution in [1.82, 2.24) is 0 Å². The molecular weight excluding hydrogens is 311 g/mol. The first-order chi connectivity index (χ1) is 10.9. The maximum Gasteiger partial charge on any atom is 0.210 e. The lowest BCUT2D eigenvalue weighted by Crippen LogP contribution is -2.29. The van der Waals surface area contributed by atoms with Gasteiger partial charge in [-0.05, 0) is 49.9 Å². The van der Waals surface area contributed by atoms with Gasteiger partial charge in [0.1, 0.15) is 11.6 Å². The lowest BCUT2D eigenvalue weighted by Gasteiger charge is -2.17. The molecule has 1 heterocycles. The molecule has 0 aromatic heterocycles. The van der Waals surface area contributed by atoms with E-state index in [0.717, 1.165) is 10.5 Å². The molecule has 0 saturated carbocycles. The number of thioether (sulfide) groups is 1. The molecule has 0 saturated heterocycles. The zero-order chi connectivity index (χ0) is 16.6. The van der Waals surface area contributed by atoms with Crippen LogP contribution in [-0.4, -0.2) is 17.6 Å². The van der Waals surface area contributed by atoms with Crippen LogP contribution < -0.4 is 0 Å². The fourth-order valence-electron chi connectivity index (χ4n) is 2.61. The van der Waals surface area contributed by atoms with Crippen molar-refractivity contribution < 1.29 is 13.9 Å². The minimum absolute atomic E-state index is 0.132. The van der Waals surface area contributed by atoms with Crippen LogP contribution in [0.3, 0.4) is 0 Å². The topological polar surface area (TPSA) is 26.3 Å². The Hall–Kier alpha value is -2.07. The van der Waals surface area contributed by atoms with Crippen molar-refractivity contribution in [3.63, 3.8) is 0 Å². The van der Waals surface area contributed by atoms with Gasteiger partial charge in [0, 0.05) is 10.5 Å². The number of Topliss-reactive ketones (excluding diaryl/α,β-unsaturated/α-hetero) is 1. The van der Waals surface area contributed by atoms with E-state index in [-0.39, 0.29) is 11.6 Å². The molecule has 0 radical (unpaired) electrons. The number of halogens is 1. The van der Waals surface area contributed by atoms with E-state index in [9.17, 15) is 9.18 Å². The van der Waals surface area contributed by atoms with Gasteiger partial charge < -0.3 is 4.74 Å². The van der Waals surface area contributed by atoms with Gasteiger partial charge in [0.2, 0.25) is 5.78 Å². The van der Waals surface area contributed by atoms with Crippen molar-refractivity contribution in [2.45, 2.75) is 24.3 Å². The molecule has 0 amide bonds. The second-order valence-electron chi connectivity index (χ2n) is 5.88. The van der Waals surface area contributed by atoms with E-state index in [1.807, 2.05) is 30.5 Å². The molecule has 0 bridgehead atoms. The van der Waals surface area contributed by atoms with E-state index in [1.165, 1.54) is 12.1 Å². The maximum absolute atomic E-state index is 13.6. The van der Waals surface area contributed by atoms with Crippen molar-refractivity contribution in [2.24, 2.45) is 0 Å². The summed E-state index contributed by atoms with van der Waals surface area (Å²) < 4.78 is 19.5. The second kappa shape index (κ2) is 5.85. The van der Waals surface area contributed by atoms with Gasteiger partial charge in [-0.1, -0.05) is 24.3 Å². The second-order valence-corrected chi connectivity index (χ2v) is 6.76. The van der Waals surface area contributed by atoms with Crippen LogP contribution in [0, 0.1) is 5.82 Å². The Balaban J connectivity index is 2.16. The van der Waals surface area contributed by atoms with Crippen molar-refractivity contribution in [2.75, 3.05) is 6.26 Å². The molecule has 2 nitrogen and oxygen atoms in total. The van der Waals surface area contributed by atoms with Crippen molar-refractivity contribution in [3.8, 4) is 0 Å². The van der Waals surface area contributed by atoms with Gasteiger partial charge in [0.05, 0.1) is 5.57 Å². The van der Waals surface area contributed by atoms with Crippen LogP contribution in [-0.2, 0) is 9.53 Å². The van der Waals surface area contributed by atoms with Gasteiger partial charge >= 0.3 is 0 Å². The van der Waals surface area contributed by atoms with Gasteiger partial charge in [0.25, 0.3) is 0 Å². The molecule has 4 heteroatoms. The Morgan fingerprint density at radius 2 is 1.74 bits per heavy atom. The van der Waals surface area contributed by atoms with Crippen molar-refractivity contribution in [1.29, 1.82) is 0 Å². The normalized spacial score (nSPS) is 16.6. The van der Waals surface area contributed by atoms with Crippen LogP contribution in [0.15, 0.2) is 53.4 Å². The first kappa shape index (κ1) is 15.8. The number of ether oxygens (including phenoxy) is 1. The van der Waals surface area contributed by atoms with Crippen LogP contribution in [0.4, 0.5) is 4.39 Å². The van der Waals surface area contributed by atoms with E-state index in [1.54, 1.807) is 37.7 Å². The third kappa shape index (κ3) is 2.91. The number of hydrogen-bond donors (Lipinski definition) is 0. The summed E-state index contributed by atoms with van der Waals surface area (Å²) >= 11 is 1.65. The highest BCUT2D eigenvalue weighted by Crippen LogP contribution is 2.41. The van der Waals surface area contributed by atoms with Gasteiger partial charge in [-0.25, -0.2) is 4.39 Å². The average Bonchev–Trinajstić information content (AvgIpc) is 2.78. The van der Waals surface area contributed by atoms with E-state index in [4.69, 9.17) is 4.74 Å². The molecule has 0 fully saturated rings. The lowest BCUT2D eigenvalue weighted by atomic mass is 9.92. The Kier molecular flexibility index (Phi) is 4.02. The molecule has 0 aliphatic carbocycles. The van der Waals surface area contributed by atoms with Crippen LogP contribution >= 0.6 is 11.8 Å². The summed E-state index contributed by atoms with van der Waals surface area (Å²) in [6.45, 7) is 3.47. The molecular formula is C19H17FO2S. The molecule has 3 rings (SSSR count). The lowest BCUT2D eigenvalue weighted by molar-refractivity contribution is -0.125. The molecule has 2 aromatic rings. The maximum atomic E-state index is 13.6. The van der Waals surface area contributed by atoms with E-state index >= 15 is 0 Å². The number of hydrogen-bond acceptors (Lipinski definition) is 3. The first-order valence-electron chi connectivity index (χ1n) is 7.31. The van der Waals surface area contributed by atoms with E-state index in [2.05, 4.69) is 0 Å². The largest absolute Gasteiger partial charge is 0.478 e. The Bertz CT molecular complexity index is 791. The molecule has 1 aliphatic rings. The third-order valence-electron chi connectivity index (χ3n) is 3.82. The Labute approximate surface area is 139 Å². The summed E-state index contributed by atoms with van der Waals surface area (Å²) in [5, 5.41) is 0. The van der Waals surface area contributed by atoms with Crippen LogP contribution in [0.2, 0.25) is 0 Å². The summed E-state index contributed by atoms with van der Waals surface area (Å²) in [6.07, 6.45) is 2.01. The van der Waals surface area contributed by atoms with Gasteiger partial charge in [-0.2, -0.15) is 0 Å². The molecule has 0 spiro atoms. The van der Waals surface area contributed by atoms with Gasteiger partial charge in [-0.15, -0.1) is 11.8 Å². The number of rotatable bonds is 3. The minimum Gasteiger partial charge on any atom is -0.478 e. The number of carbonyl (C=O) groups excluding carboxylic acids is 1. The number of benzene rings is 2. The summed E-state index contributed by atoms with van der Waals surface area (Å²) in [4.78, 5) is 13.9. The highest BCUT2D eigenvalue weighted by Gasteiger charge is 2.42. The average molecular weight is 328 g/mol. The van der Waals surface area contributed by atoms with Gasteiger partial charge in [-0.3, -0.25) is 4.79 Å². The Morgan fingerprint density at radius 1 is 1.04 bits per heavy atom. The third-order valence-corrected chi connectivity index (χ3v) is 4.57. The SMILES string of the molecule is CSc1ccc(C2=C(c3cccc(F)c3)C(=O)C(C)(C)O2)cc1. The van der Waals surface area contributed by atoms with E-state index in [0.29, 0.717) is 16.9 Å². The van der Waals surface area contributed by atoms with Crippen LogP contribution in [0.5, 0.6) is 0 Å². The zero-order valence-electron chi connectivity index (χ0n) is 13.2. The van der Waals surface area contributed by atoms with Crippen LogP contribution in [0.1, 0.15) is 25.0 Å². The first-order valence-corrected chi connectivity index (χ1v) is 8.53. The summed E-state index contributed by atoms with van der Waals surface area (Å²) in [7, 11) is 0. The van der Waals surface area contributed by atoms with Crippen molar-refractivity contribution in [3.05, 3.63) is 65.5 Å². The fraction of sp³-hybridized carbons (Fsp3) is 0.211. The minimum atomic E-state index is -0.949. The summed E-state index contributed by atoms with van der Waals surface area (Å²) in [6, 6.07) is 13.9. The fourth-order valence-corrected chi connectivity index (χ4v) is 3.02. The molecule has 118 valence electrons. The monoisotopic (exact) mass is 328 g/mol. The molecule has 0 N–H and O–H groups in total. The highest BCUT2D eigenvalue weighted by molar-refractivity contribution is 7.98.